The lowest BCUT2D eigenvalue weighted by Crippen LogP contribution is -2.16. The molecule has 0 radical (unpaired) electrons. The van der Waals surface area contributed by atoms with Gasteiger partial charge in [-0.05, 0) is 75.1 Å². The predicted octanol–water partition coefficient (Wildman–Crippen LogP) is 6.11. The molecule has 0 spiro atoms. The summed E-state index contributed by atoms with van der Waals surface area (Å²) < 4.78 is 9.08. The molecule has 1 heterocycles. The highest BCUT2D eigenvalue weighted by Crippen LogP contribution is 2.27. The average Bonchev–Trinajstić information content (AvgIpc) is 3.18. The van der Waals surface area contributed by atoms with Crippen LogP contribution in [0.15, 0.2) is 46.0 Å². The summed E-state index contributed by atoms with van der Waals surface area (Å²) in [5.41, 5.74) is 4.17. The van der Waals surface area contributed by atoms with Crippen molar-refractivity contribution in [3.8, 4) is 5.75 Å². The van der Waals surface area contributed by atoms with Crippen LogP contribution < -0.4 is 10.1 Å². The molecule has 0 fully saturated rings. The molecule has 170 valence electrons. The summed E-state index contributed by atoms with van der Waals surface area (Å²) in [4.78, 5) is 12.6. The SMILES string of the molecule is CCc1ccc(O[C@H](C)c2nnc(SCC(=O)Nc3c(C)cc(Br)cc3C)n2CC)cc1. The molecule has 0 aliphatic heterocycles. The van der Waals surface area contributed by atoms with E-state index in [1.807, 2.05) is 56.5 Å². The lowest BCUT2D eigenvalue weighted by Gasteiger charge is -2.16. The second kappa shape index (κ2) is 11.0. The molecular weight excluding hydrogens is 488 g/mol. The van der Waals surface area contributed by atoms with E-state index in [0.717, 1.165) is 39.3 Å². The maximum atomic E-state index is 12.6. The fourth-order valence-electron chi connectivity index (χ4n) is 3.48. The smallest absolute Gasteiger partial charge is 0.234 e. The molecule has 1 aromatic heterocycles. The minimum Gasteiger partial charge on any atom is -0.483 e. The highest BCUT2D eigenvalue weighted by Gasteiger charge is 2.20. The van der Waals surface area contributed by atoms with Crippen LogP contribution in [0.4, 0.5) is 5.69 Å². The van der Waals surface area contributed by atoms with Gasteiger partial charge in [0.25, 0.3) is 0 Å². The molecule has 1 amide bonds. The molecule has 0 saturated heterocycles. The van der Waals surface area contributed by atoms with E-state index in [4.69, 9.17) is 4.74 Å². The first kappa shape index (κ1) is 24.3. The molecule has 3 aromatic rings. The molecule has 0 bridgehead atoms. The zero-order valence-corrected chi connectivity index (χ0v) is 21.5. The maximum absolute atomic E-state index is 12.6. The third kappa shape index (κ3) is 5.92. The van der Waals surface area contributed by atoms with Crippen LogP contribution in [0, 0.1) is 13.8 Å². The molecule has 0 saturated carbocycles. The van der Waals surface area contributed by atoms with Crippen LogP contribution in [0.1, 0.15) is 49.4 Å². The van der Waals surface area contributed by atoms with Crippen LogP contribution in [0.2, 0.25) is 0 Å². The number of aromatic nitrogens is 3. The van der Waals surface area contributed by atoms with E-state index < -0.39 is 0 Å². The highest BCUT2D eigenvalue weighted by atomic mass is 79.9. The average molecular weight is 517 g/mol. The van der Waals surface area contributed by atoms with Crippen LogP contribution in [0.5, 0.6) is 5.75 Å². The number of carbonyl (C=O) groups is 1. The van der Waals surface area contributed by atoms with Gasteiger partial charge in [0.05, 0.1) is 5.75 Å². The predicted molar refractivity (Wildman–Crippen MR) is 134 cm³/mol. The Hall–Kier alpha value is -2.32. The van der Waals surface area contributed by atoms with Gasteiger partial charge < -0.3 is 14.6 Å². The Labute approximate surface area is 202 Å². The third-order valence-corrected chi connectivity index (χ3v) is 6.59. The van der Waals surface area contributed by atoms with Crippen molar-refractivity contribution in [3.63, 3.8) is 0 Å². The van der Waals surface area contributed by atoms with Gasteiger partial charge in [-0.2, -0.15) is 0 Å². The van der Waals surface area contributed by atoms with E-state index in [1.165, 1.54) is 17.3 Å². The highest BCUT2D eigenvalue weighted by molar-refractivity contribution is 9.10. The minimum absolute atomic E-state index is 0.0731. The van der Waals surface area contributed by atoms with E-state index in [9.17, 15) is 4.79 Å². The van der Waals surface area contributed by atoms with Crippen molar-refractivity contribution < 1.29 is 9.53 Å². The molecule has 2 aromatic carbocycles. The number of hydrogen-bond donors (Lipinski definition) is 1. The van der Waals surface area contributed by atoms with Crippen molar-refractivity contribution in [1.82, 2.24) is 14.8 Å². The van der Waals surface area contributed by atoms with Gasteiger partial charge in [0.15, 0.2) is 17.1 Å². The number of carbonyl (C=O) groups excluding carboxylic acids is 1. The molecule has 1 atom stereocenters. The first-order valence-corrected chi connectivity index (χ1v) is 12.5. The number of anilines is 1. The van der Waals surface area contributed by atoms with Crippen LogP contribution in [0.3, 0.4) is 0 Å². The first-order chi connectivity index (χ1) is 15.3. The van der Waals surface area contributed by atoms with E-state index in [0.29, 0.717) is 11.7 Å². The fourth-order valence-corrected chi connectivity index (χ4v) is 4.97. The molecule has 6 nitrogen and oxygen atoms in total. The monoisotopic (exact) mass is 516 g/mol. The van der Waals surface area contributed by atoms with Crippen molar-refractivity contribution in [2.24, 2.45) is 0 Å². The van der Waals surface area contributed by atoms with Crippen LogP contribution in [-0.4, -0.2) is 26.4 Å². The Morgan fingerprint density at radius 1 is 1.16 bits per heavy atom. The Morgan fingerprint density at radius 2 is 1.81 bits per heavy atom. The number of nitrogens with one attached hydrogen (secondary N) is 1. The van der Waals surface area contributed by atoms with E-state index in [-0.39, 0.29) is 17.8 Å². The topological polar surface area (TPSA) is 69.0 Å². The summed E-state index contributed by atoms with van der Waals surface area (Å²) in [6, 6.07) is 12.1. The zero-order valence-electron chi connectivity index (χ0n) is 19.1. The van der Waals surface area contributed by atoms with Gasteiger partial charge in [-0.25, -0.2) is 0 Å². The van der Waals surface area contributed by atoms with Crippen molar-refractivity contribution in [1.29, 1.82) is 0 Å². The number of ether oxygens (including phenoxy) is 1. The summed E-state index contributed by atoms with van der Waals surface area (Å²) in [6.07, 6.45) is 0.737. The first-order valence-electron chi connectivity index (χ1n) is 10.7. The minimum atomic E-state index is -0.258. The fraction of sp³-hybridized carbons (Fsp3) is 0.375. The number of thioether (sulfide) groups is 1. The summed E-state index contributed by atoms with van der Waals surface area (Å²) in [5.74, 6) is 1.72. The summed E-state index contributed by atoms with van der Waals surface area (Å²) in [5, 5.41) is 12.4. The zero-order chi connectivity index (χ0) is 23.3. The molecule has 8 heteroatoms. The second-order valence-electron chi connectivity index (χ2n) is 7.59. The van der Waals surface area contributed by atoms with E-state index >= 15 is 0 Å². The van der Waals surface area contributed by atoms with Crippen LogP contribution in [-0.2, 0) is 17.8 Å². The molecule has 3 rings (SSSR count). The van der Waals surface area contributed by atoms with Crippen molar-refractivity contribution in [2.45, 2.75) is 58.8 Å². The Kier molecular flexibility index (Phi) is 8.37. The van der Waals surface area contributed by atoms with E-state index in [2.05, 4.69) is 50.5 Å². The lowest BCUT2D eigenvalue weighted by atomic mass is 10.1. The van der Waals surface area contributed by atoms with Gasteiger partial charge in [-0.1, -0.05) is 46.7 Å². The molecule has 0 aliphatic rings. The van der Waals surface area contributed by atoms with Crippen molar-refractivity contribution in [3.05, 3.63) is 63.4 Å². The third-order valence-electron chi connectivity index (χ3n) is 5.16. The quantitative estimate of drug-likeness (QED) is 0.347. The van der Waals surface area contributed by atoms with Gasteiger partial charge in [0, 0.05) is 16.7 Å². The van der Waals surface area contributed by atoms with Gasteiger partial charge >= 0.3 is 0 Å². The molecule has 1 N–H and O–H groups in total. The Morgan fingerprint density at radius 3 is 2.41 bits per heavy atom. The van der Waals surface area contributed by atoms with Crippen molar-refractivity contribution in [2.75, 3.05) is 11.1 Å². The largest absolute Gasteiger partial charge is 0.483 e. The summed E-state index contributed by atoms with van der Waals surface area (Å²) in [7, 11) is 0. The second-order valence-corrected chi connectivity index (χ2v) is 9.45. The Bertz CT molecular complexity index is 1060. The standard InChI is InChI=1S/C24H29BrN4O2S/c1-6-18-8-10-20(11-9-18)31-17(5)23-27-28-24(29(23)7-2)32-14-21(30)26-22-15(3)12-19(25)13-16(22)4/h8-13,17H,6-7,14H2,1-5H3,(H,26,30)/t17-/m1/s1. The number of rotatable bonds is 9. The van der Waals surface area contributed by atoms with Crippen LogP contribution >= 0.6 is 27.7 Å². The van der Waals surface area contributed by atoms with Gasteiger partial charge in [0.2, 0.25) is 5.91 Å². The number of amides is 1. The van der Waals surface area contributed by atoms with E-state index in [1.54, 1.807) is 0 Å². The lowest BCUT2D eigenvalue weighted by molar-refractivity contribution is -0.113. The summed E-state index contributed by atoms with van der Waals surface area (Å²) in [6.45, 7) is 10.8. The number of nitrogens with zero attached hydrogens (tertiary/aromatic N) is 3. The number of benzene rings is 2. The summed E-state index contributed by atoms with van der Waals surface area (Å²) >= 11 is 4.86. The molecule has 32 heavy (non-hydrogen) atoms. The maximum Gasteiger partial charge on any atom is 0.234 e. The number of hydrogen-bond acceptors (Lipinski definition) is 5. The normalized spacial score (nSPS) is 11.9. The van der Waals surface area contributed by atoms with Gasteiger partial charge in [0.1, 0.15) is 5.75 Å². The van der Waals surface area contributed by atoms with Crippen LogP contribution in [0.25, 0.3) is 0 Å². The van der Waals surface area contributed by atoms with Crippen molar-refractivity contribution >= 4 is 39.3 Å². The number of aryl methyl sites for hydroxylation is 3. The van der Waals surface area contributed by atoms with Gasteiger partial charge in [-0.15, -0.1) is 10.2 Å². The molecule has 0 unspecified atom stereocenters. The molecule has 0 aliphatic carbocycles. The number of halogens is 1. The Balaban J connectivity index is 1.64. The molecular formula is C24H29BrN4O2S. The van der Waals surface area contributed by atoms with Gasteiger partial charge in [-0.3, -0.25) is 4.79 Å².